The first kappa shape index (κ1) is 63.1. The second-order valence-corrected chi connectivity index (χ2v) is 20.5. The Balaban J connectivity index is 5.71. The number of Topliss-reactive ketones (excluding diaryl/α,β-unsaturated/α-hetero) is 2. The molecule has 0 aromatic carbocycles. The summed E-state index contributed by atoms with van der Waals surface area (Å²) in [6, 6.07) is 0. The van der Waals surface area contributed by atoms with Crippen LogP contribution in [0.3, 0.4) is 0 Å². The fourth-order valence-electron chi connectivity index (χ4n) is 9.49. The molecule has 0 bridgehead atoms. The molecule has 0 radical (unpaired) electrons. The average Bonchev–Trinajstić information content (AvgIpc) is 3.30. The van der Waals surface area contributed by atoms with Gasteiger partial charge in [-0.15, -0.1) is 0 Å². The smallest absolute Gasteiger partial charge is 0.257 e. The zero-order valence-electron chi connectivity index (χ0n) is 44.4. The Bertz CT molecular complexity index is 1060. The zero-order chi connectivity index (χ0) is 47.9. The highest BCUT2D eigenvalue weighted by atomic mass is 16.2. The van der Waals surface area contributed by atoms with Crippen molar-refractivity contribution in [3.05, 3.63) is 0 Å². The van der Waals surface area contributed by atoms with E-state index in [0.717, 1.165) is 81.9 Å². The van der Waals surface area contributed by atoms with Gasteiger partial charge < -0.3 is 0 Å². The zero-order valence-corrected chi connectivity index (χ0v) is 44.4. The molecule has 0 aliphatic carbocycles. The summed E-state index contributed by atoms with van der Waals surface area (Å²) < 4.78 is 0. The molecule has 65 heavy (non-hydrogen) atoms. The molecule has 0 unspecified atom stereocenters. The van der Waals surface area contributed by atoms with Crippen molar-refractivity contribution in [2.75, 3.05) is 0 Å². The highest BCUT2D eigenvalue weighted by molar-refractivity contribution is 6.28. The van der Waals surface area contributed by atoms with Gasteiger partial charge in [0.1, 0.15) is 0 Å². The maximum absolute atomic E-state index is 14.8. The van der Waals surface area contributed by atoms with E-state index in [1.807, 2.05) is 0 Å². The molecular weight excluding hydrogens is 803 g/mol. The van der Waals surface area contributed by atoms with Crippen LogP contribution in [0.25, 0.3) is 0 Å². The summed E-state index contributed by atoms with van der Waals surface area (Å²) in [4.78, 5) is 72.3. The van der Waals surface area contributed by atoms with Crippen LogP contribution in [-0.2, 0) is 24.0 Å². The number of amides is 3. The van der Waals surface area contributed by atoms with E-state index in [-0.39, 0.29) is 25.7 Å². The Morgan fingerprint density at radius 2 is 0.431 bits per heavy atom. The van der Waals surface area contributed by atoms with E-state index >= 15 is 0 Å². The highest BCUT2D eigenvalue weighted by Crippen LogP contribution is 2.30. The Labute approximate surface area is 404 Å². The molecule has 382 valence electrons. The summed E-state index contributed by atoms with van der Waals surface area (Å²) in [7, 11) is 0. The summed E-state index contributed by atoms with van der Waals surface area (Å²) in [6.07, 6.45) is 50.7. The Morgan fingerprint density at radius 1 is 0.262 bits per heavy atom. The van der Waals surface area contributed by atoms with Crippen LogP contribution in [-0.4, -0.2) is 34.2 Å². The van der Waals surface area contributed by atoms with Gasteiger partial charge in [-0.2, -0.15) is 0 Å². The highest BCUT2D eigenvalue weighted by Gasteiger charge is 2.51. The molecule has 0 fully saturated rings. The molecule has 0 heterocycles. The number of carbonyl (C=O) groups is 5. The van der Waals surface area contributed by atoms with Crippen molar-refractivity contribution in [1.82, 2.24) is 4.90 Å². The molecule has 0 rings (SSSR count). The number of rotatable bonds is 51. The predicted octanol–water partition coefficient (Wildman–Crippen LogP) is 18.8. The lowest BCUT2D eigenvalue weighted by atomic mass is 9.75. The predicted molar refractivity (Wildman–Crippen MR) is 279 cm³/mol. The van der Waals surface area contributed by atoms with E-state index in [2.05, 4.69) is 27.7 Å². The quantitative estimate of drug-likeness (QED) is 0.0448. The first-order valence-electron chi connectivity index (χ1n) is 29.2. The van der Waals surface area contributed by atoms with E-state index in [4.69, 9.17) is 0 Å². The molecule has 6 heteroatoms. The lowest BCUT2D eigenvalue weighted by molar-refractivity contribution is -0.162. The fourth-order valence-corrected chi connectivity index (χ4v) is 9.49. The van der Waals surface area contributed by atoms with Crippen LogP contribution in [0.1, 0.15) is 343 Å². The summed E-state index contributed by atoms with van der Waals surface area (Å²) in [5, 5.41) is 0. The van der Waals surface area contributed by atoms with Crippen LogP contribution in [0.2, 0.25) is 0 Å². The van der Waals surface area contributed by atoms with Crippen LogP contribution >= 0.6 is 0 Å². The van der Waals surface area contributed by atoms with Crippen molar-refractivity contribution >= 4 is 29.3 Å². The van der Waals surface area contributed by atoms with Gasteiger partial charge in [0.2, 0.25) is 11.8 Å². The molecule has 0 aliphatic rings. The van der Waals surface area contributed by atoms with Crippen molar-refractivity contribution in [2.45, 2.75) is 343 Å². The van der Waals surface area contributed by atoms with E-state index in [0.29, 0.717) is 25.7 Å². The minimum atomic E-state index is -2.02. The largest absolute Gasteiger partial charge is 0.298 e. The maximum atomic E-state index is 14.8. The second kappa shape index (κ2) is 47.2. The molecule has 0 aliphatic heterocycles. The number of hydrogen-bond acceptors (Lipinski definition) is 5. The fraction of sp³-hybridized carbons (Fsp3) is 0.915. The van der Waals surface area contributed by atoms with Crippen LogP contribution in [0.15, 0.2) is 0 Å². The van der Waals surface area contributed by atoms with Crippen LogP contribution in [0, 0.1) is 5.41 Å². The molecule has 0 aromatic heterocycles. The maximum Gasteiger partial charge on any atom is 0.257 e. The minimum absolute atomic E-state index is 0.0857. The Kier molecular flexibility index (Phi) is 45.9. The van der Waals surface area contributed by atoms with Gasteiger partial charge in [-0.05, 0) is 32.6 Å². The van der Waals surface area contributed by atoms with Gasteiger partial charge in [0, 0.05) is 25.7 Å². The second-order valence-electron chi connectivity index (χ2n) is 20.5. The lowest BCUT2D eigenvalue weighted by Gasteiger charge is -2.31. The third-order valence-electron chi connectivity index (χ3n) is 14.2. The first-order chi connectivity index (χ1) is 31.7. The van der Waals surface area contributed by atoms with Crippen LogP contribution < -0.4 is 0 Å². The summed E-state index contributed by atoms with van der Waals surface area (Å²) >= 11 is 0. The molecule has 3 amide bonds. The number of carbonyl (C=O) groups excluding carboxylic acids is 5. The van der Waals surface area contributed by atoms with Gasteiger partial charge in [0.15, 0.2) is 17.0 Å². The number of hydrogen-bond donors (Lipinski definition) is 0. The molecule has 0 aromatic rings. The summed E-state index contributed by atoms with van der Waals surface area (Å²) in [5.74, 6) is -2.77. The number of ketones is 2. The molecule has 6 nitrogen and oxygen atoms in total. The minimum Gasteiger partial charge on any atom is -0.298 e. The van der Waals surface area contributed by atoms with Crippen molar-refractivity contribution in [1.29, 1.82) is 0 Å². The monoisotopic (exact) mass is 914 g/mol. The number of nitrogens with zero attached hydrogens (tertiary/aromatic N) is 1. The molecular formula is C59H111NO5. The summed E-state index contributed by atoms with van der Waals surface area (Å²) in [5.41, 5.74) is -2.02. The van der Waals surface area contributed by atoms with E-state index in [9.17, 15) is 24.0 Å². The Hall–Kier alpha value is -1.85. The van der Waals surface area contributed by atoms with Gasteiger partial charge in [-0.1, -0.05) is 285 Å². The Morgan fingerprint density at radius 3 is 0.631 bits per heavy atom. The van der Waals surface area contributed by atoms with Gasteiger partial charge in [-0.3, -0.25) is 24.0 Å². The summed E-state index contributed by atoms with van der Waals surface area (Å²) in [6.45, 7) is 10.4. The number of unbranched alkanes of at least 4 members (excludes halogenated alkanes) is 40. The topological polar surface area (TPSA) is 88.6 Å². The standard InChI is InChI=1S/C59H111NO5/c1-6-10-14-18-22-26-30-34-38-42-46-50-54(61)59(5,55(62)51-47-43-39-35-31-27-23-19-15-11-7-2)58(65)60(56(63)52-48-44-40-36-32-28-24-20-16-12-8-3)57(64)53-49-45-41-37-33-29-25-21-17-13-9-4/h6-53H2,1-5H3. The first-order valence-corrected chi connectivity index (χ1v) is 29.2. The average molecular weight is 915 g/mol. The van der Waals surface area contributed by atoms with E-state index in [1.165, 1.54) is 187 Å². The van der Waals surface area contributed by atoms with Crippen molar-refractivity contribution in [3.63, 3.8) is 0 Å². The SMILES string of the molecule is CCCCCCCCCCCCCC(=O)N(C(=O)CCCCCCCCCCCCC)C(=O)C(C)(C(=O)CCCCCCCCCCCCC)C(=O)CCCCCCCCCCCCC. The third kappa shape index (κ3) is 35.0. The van der Waals surface area contributed by atoms with Crippen molar-refractivity contribution < 1.29 is 24.0 Å². The van der Waals surface area contributed by atoms with Gasteiger partial charge in [-0.25, -0.2) is 4.90 Å². The van der Waals surface area contributed by atoms with Crippen LogP contribution in [0.4, 0.5) is 0 Å². The third-order valence-corrected chi connectivity index (χ3v) is 14.2. The van der Waals surface area contributed by atoms with Gasteiger partial charge in [0.05, 0.1) is 0 Å². The normalized spacial score (nSPS) is 11.6. The molecule has 0 saturated carbocycles. The molecule has 0 atom stereocenters. The van der Waals surface area contributed by atoms with E-state index < -0.39 is 34.7 Å². The van der Waals surface area contributed by atoms with Crippen molar-refractivity contribution in [3.8, 4) is 0 Å². The van der Waals surface area contributed by atoms with Crippen molar-refractivity contribution in [2.24, 2.45) is 5.41 Å². The number of imide groups is 3. The van der Waals surface area contributed by atoms with Gasteiger partial charge >= 0.3 is 0 Å². The van der Waals surface area contributed by atoms with Crippen LogP contribution in [0.5, 0.6) is 0 Å². The molecule has 0 N–H and O–H groups in total. The van der Waals surface area contributed by atoms with E-state index in [1.54, 1.807) is 0 Å². The molecule has 0 spiro atoms. The van der Waals surface area contributed by atoms with Gasteiger partial charge in [0.25, 0.3) is 5.91 Å². The lowest BCUT2D eigenvalue weighted by Crippen LogP contribution is -2.55. The molecule has 0 saturated heterocycles.